The van der Waals surface area contributed by atoms with Crippen LogP contribution in [-0.4, -0.2) is 29.7 Å². The molecule has 0 bridgehead atoms. The van der Waals surface area contributed by atoms with Crippen molar-refractivity contribution in [3.05, 3.63) is 29.8 Å². The smallest absolute Gasteiger partial charge is 0.326 e. The van der Waals surface area contributed by atoms with Gasteiger partial charge >= 0.3 is 12.0 Å². The van der Waals surface area contributed by atoms with E-state index in [1.165, 1.54) is 4.90 Å². The molecule has 0 aromatic heterocycles. The molecule has 0 saturated carbocycles. The first-order valence-electron chi connectivity index (χ1n) is 6.37. The van der Waals surface area contributed by atoms with Crippen molar-refractivity contribution in [1.29, 1.82) is 0 Å². The zero-order valence-corrected chi connectivity index (χ0v) is 11.5. The molecule has 0 fully saturated rings. The van der Waals surface area contributed by atoms with Crippen molar-refractivity contribution < 1.29 is 14.7 Å². The number of benzene rings is 1. The molecule has 0 radical (unpaired) electrons. The van der Waals surface area contributed by atoms with Gasteiger partial charge in [-0.2, -0.15) is 0 Å². The lowest BCUT2D eigenvalue weighted by Crippen LogP contribution is -2.47. The molecule has 104 valence electrons. The highest BCUT2D eigenvalue weighted by molar-refractivity contribution is 5.94. The maximum Gasteiger partial charge on any atom is 0.326 e. The number of nitrogens with zero attached hydrogens (tertiary/aromatic N) is 1. The van der Waals surface area contributed by atoms with Crippen molar-refractivity contribution in [3.63, 3.8) is 0 Å². The monoisotopic (exact) mass is 264 g/mol. The minimum atomic E-state index is -1.02. The Morgan fingerprint density at radius 2 is 1.84 bits per heavy atom. The third-order valence-electron chi connectivity index (χ3n) is 2.91. The van der Waals surface area contributed by atoms with Gasteiger partial charge in [0, 0.05) is 12.2 Å². The number of anilines is 1. The van der Waals surface area contributed by atoms with Gasteiger partial charge in [0.05, 0.1) is 0 Å². The van der Waals surface area contributed by atoms with Crippen molar-refractivity contribution in [1.82, 2.24) is 5.32 Å². The summed E-state index contributed by atoms with van der Waals surface area (Å²) in [5, 5.41) is 11.5. The van der Waals surface area contributed by atoms with Gasteiger partial charge in [0.1, 0.15) is 6.04 Å². The quantitative estimate of drug-likeness (QED) is 0.858. The maximum absolute atomic E-state index is 12.1. The number of urea groups is 1. The van der Waals surface area contributed by atoms with Crippen LogP contribution >= 0.6 is 0 Å². The Bertz CT molecular complexity index is 443. The van der Waals surface area contributed by atoms with E-state index in [2.05, 4.69) is 5.32 Å². The van der Waals surface area contributed by atoms with E-state index >= 15 is 0 Å². The van der Waals surface area contributed by atoms with Crippen LogP contribution < -0.4 is 10.2 Å². The van der Waals surface area contributed by atoms with E-state index in [0.717, 1.165) is 11.3 Å². The van der Waals surface area contributed by atoms with Crippen molar-refractivity contribution in [2.45, 2.75) is 33.2 Å². The van der Waals surface area contributed by atoms with E-state index in [1.54, 1.807) is 6.92 Å². The Morgan fingerprint density at radius 3 is 2.26 bits per heavy atom. The molecule has 0 saturated heterocycles. The fourth-order valence-corrected chi connectivity index (χ4v) is 1.73. The zero-order valence-electron chi connectivity index (χ0n) is 11.5. The van der Waals surface area contributed by atoms with Crippen molar-refractivity contribution in [2.75, 3.05) is 11.4 Å². The highest BCUT2D eigenvalue weighted by Crippen LogP contribution is 2.15. The number of nitrogens with one attached hydrogen (secondary N) is 1. The fraction of sp³-hybridized carbons (Fsp3) is 0.429. The molecule has 1 unspecified atom stereocenters. The summed E-state index contributed by atoms with van der Waals surface area (Å²) in [5.74, 6) is -1.02. The summed E-state index contributed by atoms with van der Waals surface area (Å²) in [4.78, 5) is 24.5. The highest BCUT2D eigenvalue weighted by atomic mass is 16.4. The van der Waals surface area contributed by atoms with Gasteiger partial charge in [-0.15, -0.1) is 0 Å². The number of hydrogen-bond acceptors (Lipinski definition) is 2. The van der Waals surface area contributed by atoms with Gasteiger partial charge < -0.3 is 10.4 Å². The van der Waals surface area contributed by atoms with E-state index in [-0.39, 0.29) is 6.03 Å². The topological polar surface area (TPSA) is 69.6 Å². The second-order valence-corrected chi connectivity index (χ2v) is 4.33. The van der Waals surface area contributed by atoms with Crippen LogP contribution in [0.15, 0.2) is 24.3 Å². The molecule has 0 aliphatic rings. The van der Waals surface area contributed by atoms with Gasteiger partial charge in [0.25, 0.3) is 0 Å². The molecule has 0 aliphatic carbocycles. The molecule has 2 amide bonds. The third-order valence-corrected chi connectivity index (χ3v) is 2.91. The first-order chi connectivity index (χ1) is 8.99. The SMILES string of the molecule is CCC(NC(=O)N(CC)c1ccc(C)cc1)C(=O)O. The summed E-state index contributed by atoms with van der Waals surface area (Å²) in [5.41, 5.74) is 1.86. The van der Waals surface area contributed by atoms with Crippen LogP contribution in [0.5, 0.6) is 0 Å². The standard InChI is InChI=1S/C14H20N2O3/c1-4-12(13(17)18)15-14(19)16(5-2)11-8-6-10(3)7-9-11/h6-9,12H,4-5H2,1-3H3,(H,15,19)(H,17,18). The predicted octanol–water partition coefficient (Wildman–Crippen LogP) is 2.39. The highest BCUT2D eigenvalue weighted by Gasteiger charge is 2.21. The molecule has 5 heteroatoms. The number of aryl methyl sites for hydroxylation is 1. The predicted molar refractivity (Wildman–Crippen MR) is 74.4 cm³/mol. The number of amides is 2. The molecular formula is C14H20N2O3. The number of carbonyl (C=O) groups excluding carboxylic acids is 1. The molecule has 2 N–H and O–H groups in total. The van der Waals surface area contributed by atoms with Crippen LogP contribution in [0.4, 0.5) is 10.5 Å². The summed E-state index contributed by atoms with van der Waals surface area (Å²) in [6, 6.07) is 6.28. The van der Waals surface area contributed by atoms with E-state index in [0.29, 0.717) is 13.0 Å². The number of rotatable bonds is 5. The van der Waals surface area contributed by atoms with Crippen LogP contribution in [0.1, 0.15) is 25.8 Å². The summed E-state index contributed by atoms with van der Waals surface area (Å²) < 4.78 is 0. The van der Waals surface area contributed by atoms with Crippen LogP contribution in [0.25, 0.3) is 0 Å². The van der Waals surface area contributed by atoms with Gasteiger partial charge in [-0.3, -0.25) is 4.90 Å². The molecule has 19 heavy (non-hydrogen) atoms. The number of carboxylic acids is 1. The first kappa shape index (κ1) is 15.0. The molecule has 0 aliphatic heterocycles. The average molecular weight is 264 g/mol. The van der Waals surface area contributed by atoms with Gasteiger partial charge in [0.15, 0.2) is 0 Å². The van der Waals surface area contributed by atoms with Crippen LogP contribution in [0.3, 0.4) is 0 Å². The molecule has 1 aromatic rings. The number of carboxylic acid groups (broad SMARTS) is 1. The maximum atomic E-state index is 12.1. The van der Waals surface area contributed by atoms with E-state index < -0.39 is 12.0 Å². The Kier molecular flexibility index (Phi) is 5.36. The van der Waals surface area contributed by atoms with Gasteiger partial charge in [-0.25, -0.2) is 9.59 Å². The Labute approximate surface area is 113 Å². The summed E-state index contributed by atoms with van der Waals surface area (Å²) >= 11 is 0. The first-order valence-corrected chi connectivity index (χ1v) is 6.37. The molecule has 0 heterocycles. The van der Waals surface area contributed by atoms with Crippen LogP contribution in [-0.2, 0) is 4.79 Å². The lowest BCUT2D eigenvalue weighted by atomic mass is 10.2. The largest absolute Gasteiger partial charge is 0.480 e. The summed E-state index contributed by atoms with van der Waals surface area (Å²) in [6.07, 6.45) is 0.354. The van der Waals surface area contributed by atoms with E-state index in [9.17, 15) is 9.59 Å². The van der Waals surface area contributed by atoms with Gasteiger partial charge in [-0.05, 0) is 32.4 Å². The number of aliphatic carboxylic acids is 1. The summed E-state index contributed by atoms with van der Waals surface area (Å²) in [6.45, 7) is 6.02. The molecule has 0 spiro atoms. The second-order valence-electron chi connectivity index (χ2n) is 4.33. The minimum absolute atomic E-state index is 0.354. The number of hydrogen-bond donors (Lipinski definition) is 2. The zero-order chi connectivity index (χ0) is 14.4. The fourth-order valence-electron chi connectivity index (χ4n) is 1.73. The van der Waals surface area contributed by atoms with E-state index in [4.69, 9.17) is 5.11 Å². The number of carbonyl (C=O) groups is 2. The lowest BCUT2D eigenvalue weighted by Gasteiger charge is -2.23. The molecular weight excluding hydrogens is 244 g/mol. The molecule has 1 atom stereocenters. The third kappa shape index (κ3) is 3.98. The van der Waals surface area contributed by atoms with Crippen LogP contribution in [0.2, 0.25) is 0 Å². The summed E-state index contributed by atoms with van der Waals surface area (Å²) in [7, 11) is 0. The van der Waals surface area contributed by atoms with Crippen LogP contribution in [0, 0.1) is 6.92 Å². The lowest BCUT2D eigenvalue weighted by molar-refractivity contribution is -0.139. The van der Waals surface area contributed by atoms with Crippen molar-refractivity contribution in [2.24, 2.45) is 0 Å². The molecule has 1 rings (SSSR count). The Hall–Kier alpha value is -2.04. The molecule has 1 aromatic carbocycles. The van der Waals surface area contributed by atoms with Gasteiger partial charge in [0.2, 0.25) is 0 Å². The average Bonchev–Trinajstić information content (AvgIpc) is 2.38. The Morgan fingerprint density at radius 1 is 1.26 bits per heavy atom. The van der Waals surface area contributed by atoms with Crippen molar-refractivity contribution >= 4 is 17.7 Å². The Balaban J connectivity index is 2.82. The normalized spacial score (nSPS) is 11.7. The van der Waals surface area contributed by atoms with Crippen molar-refractivity contribution in [3.8, 4) is 0 Å². The van der Waals surface area contributed by atoms with E-state index in [1.807, 2.05) is 38.1 Å². The van der Waals surface area contributed by atoms with Gasteiger partial charge in [-0.1, -0.05) is 24.6 Å². The minimum Gasteiger partial charge on any atom is -0.480 e. The second kappa shape index (κ2) is 6.78. The molecule has 5 nitrogen and oxygen atoms in total.